The fourth-order valence-corrected chi connectivity index (χ4v) is 2.82. The number of methoxy groups -OCH3 is 1. The van der Waals surface area contributed by atoms with Crippen LogP contribution in [0.1, 0.15) is 31.2 Å². The van der Waals surface area contributed by atoms with Gasteiger partial charge in [-0.3, -0.25) is 0 Å². The number of esters is 1. The largest absolute Gasteiger partial charge is 0.462 e. The molecule has 0 radical (unpaired) electrons. The van der Waals surface area contributed by atoms with Gasteiger partial charge in [0.15, 0.2) is 0 Å². The molecule has 10 nitrogen and oxygen atoms in total. The van der Waals surface area contributed by atoms with Crippen LogP contribution in [0.5, 0.6) is 0 Å². The molecule has 0 fully saturated rings. The quantitative estimate of drug-likeness (QED) is 0.208. The minimum Gasteiger partial charge on any atom is -0.462 e. The zero-order valence-corrected chi connectivity index (χ0v) is 18.8. The van der Waals surface area contributed by atoms with Crippen LogP contribution in [-0.4, -0.2) is 70.7 Å². The van der Waals surface area contributed by atoms with Crippen LogP contribution in [0.2, 0.25) is 0 Å². The third-order valence-corrected chi connectivity index (χ3v) is 4.46. The van der Waals surface area contributed by atoms with Gasteiger partial charge in [0, 0.05) is 26.6 Å². The van der Waals surface area contributed by atoms with Crippen LogP contribution in [0.15, 0.2) is 30.3 Å². The summed E-state index contributed by atoms with van der Waals surface area (Å²) in [5, 5.41) is 8.01. The van der Waals surface area contributed by atoms with Crippen molar-refractivity contribution < 1.29 is 28.6 Å². The first-order valence-corrected chi connectivity index (χ1v) is 10.9. The van der Waals surface area contributed by atoms with Crippen molar-refractivity contribution in [3.8, 4) is 0 Å². The number of nitrogens with two attached hydrogens (primary N) is 1. The lowest BCUT2D eigenvalue weighted by Gasteiger charge is -2.18. The van der Waals surface area contributed by atoms with E-state index in [1.54, 1.807) is 7.11 Å². The summed E-state index contributed by atoms with van der Waals surface area (Å²) < 4.78 is 15.4. The van der Waals surface area contributed by atoms with Crippen LogP contribution in [0.4, 0.5) is 9.59 Å². The maximum atomic E-state index is 12.5. The molecule has 5 N–H and O–H groups in total. The summed E-state index contributed by atoms with van der Waals surface area (Å²) in [6.45, 7) is 2.27. The number of rotatable bonds is 17. The number of ether oxygens (including phenoxy) is 3. The Morgan fingerprint density at radius 3 is 2.22 bits per heavy atom. The second-order valence-corrected chi connectivity index (χ2v) is 7.12. The van der Waals surface area contributed by atoms with E-state index in [1.165, 1.54) is 0 Å². The summed E-state index contributed by atoms with van der Waals surface area (Å²) in [6, 6.07) is 7.66. The molecule has 0 bridgehead atoms. The first-order chi connectivity index (χ1) is 15.5. The van der Waals surface area contributed by atoms with E-state index in [2.05, 4.69) is 16.0 Å². The molecule has 0 saturated heterocycles. The number of amides is 4. The third kappa shape index (κ3) is 14.2. The van der Waals surface area contributed by atoms with Crippen LogP contribution >= 0.6 is 0 Å². The van der Waals surface area contributed by atoms with Gasteiger partial charge in [-0.2, -0.15) is 0 Å². The summed E-state index contributed by atoms with van der Waals surface area (Å²) in [5.74, 6) is -0.513. The van der Waals surface area contributed by atoms with Gasteiger partial charge >= 0.3 is 18.0 Å². The summed E-state index contributed by atoms with van der Waals surface area (Å²) >= 11 is 0. The zero-order valence-electron chi connectivity index (χ0n) is 18.8. The van der Waals surface area contributed by atoms with Gasteiger partial charge in [-0.05, 0) is 18.4 Å². The predicted molar refractivity (Wildman–Crippen MR) is 120 cm³/mol. The van der Waals surface area contributed by atoms with Crippen molar-refractivity contribution in [1.82, 2.24) is 16.0 Å². The highest BCUT2D eigenvalue weighted by atomic mass is 16.6. The van der Waals surface area contributed by atoms with Crippen molar-refractivity contribution in [3.63, 3.8) is 0 Å². The first-order valence-electron chi connectivity index (χ1n) is 10.9. The summed E-state index contributed by atoms with van der Waals surface area (Å²) in [5.41, 5.74) is 5.91. The third-order valence-electron chi connectivity index (χ3n) is 4.46. The van der Waals surface area contributed by atoms with Crippen molar-refractivity contribution in [2.45, 2.75) is 38.1 Å². The lowest BCUT2D eigenvalue weighted by atomic mass is 10.1. The van der Waals surface area contributed by atoms with Gasteiger partial charge < -0.3 is 35.9 Å². The molecule has 0 aliphatic carbocycles. The van der Waals surface area contributed by atoms with E-state index < -0.39 is 24.1 Å². The topological polar surface area (TPSA) is 141 Å². The van der Waals surface area contributed by atoms with Crippen LogP contribution in [0.25, 0.3) is 0 Å². The number of primary amides is 1. The molecule has 1 aromatic carbocycles. The molecule has 0 heterocycles. The highest BCUT2D eigenvalue weighted by Gasteiger charge is 2.22. The molecule has 0 aliphatic heterocycles. The number of carbonyl (C=O) groups excluding carboxylic acids is 3. The van der Waals surface area contributed by atoms with Gasteiger partial charge in [-0.25, -0.2) is 14.4 Å². The first kappa shape index (κ1) is 27.2. The summed E-state index contributed by atoms with van der Waals surface area (Å²) in [6.07, 6.45) is 3.76. The van der Waals surface area contributed by atoms with E-state index in [-0.39, 0.29) is 13.2 Å². The van der Waals surface area contributed by atoms with Crippen LogP contribution < -0.4 is 21.7 Å². The van der Waals surface area contributed by atoms with Gasteiger partial charge in [-0.15, -0.1) is 0 Å². The molecule has 180 valence electrons. The van der Waals surface area contributed by atoms with Crippen molar-refractivity contribution in [2.75, 3.05) is 46.6 Å². The van der Waals surface area contributed by atoms with E-state index in [1.807, 2.05) is 30.3 Å². The van der Waals surface area contributed by atoms with Gasteiger partial charge in [0.2, 0.25) is 0 Å². The lowest BCUT2D eigenvalue weighted by molar-refractivity contribution is -0.147. The Balaban J connectivity index is 2.36. The number of hydrogen-bond donors (Lipinski definition) is 4. The smallest absolute Gasteiger partial charge is 0.329 e. The van der Waals surface area contributed by atoms with Gasteiger partial charge in [0.1, 0.15) is 12.6 Å². The summed E-state index contributed by atoms with van der Waals surface area (Å²) in [7, 11) is 1.58. The molecular formula is C22H36N4O6. The molecule has 1 rings (SSSR count). The normalized spacial score (nSPS) is 11.4. The average molecular weight is 453 g/mol. The molecule has 32 heavy (non-hydrogen) atoms. The molecule has 10 heteroatoms. The van der Waals surface area contributed by atoms with Crippen molar-refractivity contribution >= 4 is 18.0 Å². The number of hydrogen-bond acceptors (Lipinski definition) is 6. The Hall–Kier alpha value is -2.85. The van der Waals surface area contributed by atoms with Crippen LogP contribution in [-0.2, 0) is 25.4 Å². The summed E-state index contributed by atoms with van der Waals surface area (Å²) in [4.78, 5) is 35.4. The molecule has 1 aromatic rings. The molecule has 0 spiro atoms. The molecule has 1 atom stereocenters. The van der Waals surface area contributed by atoms with E-state index in [9.17, 15) is 14.4 Å². The Labute approximate surface area is 189 Å². The Kier molecular flexibility index (Phi) is 15.1. The number of benzene rings is 1. The second-order valence-electron chi connectivity index (χ2n) is 7.12. The minimum atomic E-state index is -0.809. The fraction of sp³-hybridized carbons (Fsp3) is 0.591. The van der Waals surface area contributed by atoms with E-state index in [4.69, 9.17) is 19.9 Å². The standard InChI is InChI=1S/C22H36N4O6/c1-30-13-14-31-15-16-32-20(27)19(17-18-9-5-4-6-10-18)26-22(29)25-12-8-3-2-7-11-24-21(23)28/h4-6,9-10,19H,2-3,7-8,11-17H2,1H3,(H3,23,24,28)(H2,25,26,29). The van der Waals surface area contributed by atoms with Gasteiger partial charge in [-0.1, -0.05) is 43.2 Å². The average Bonchev–Trinajstić information content (AvgIpc) is 2.78. The Bertz CT molecular complexity index is 659. The van der Waals surface area contributed by atoms with Gasteiger partial charge in [0.25, 0.3) is 0 Å². The Morgan fingerprint density at radius 2 is 1.56 bits per heavy atom. The van der Waals surface area contributed by atoms with Crippen molar-refractivity contribution in [1.29, 1.82) is 0 Å². The molecule has 4 amide bonds. The monoisotopic (exact) mass is 452 g/mol. The number of urea groups is 2. The molecule has 0 aliphatic rings. The van der Waals surface area contributed by atoms with Crippen LogP contribution in [0, 0.1) is 0 Å². The molecule has 0 saturated carbocycles. The number of unbranched alkanes of at least 4 members (excludes halogenated alkanes) is 3. The fourth-order valence-electron chi connectivity index (χ4n) is 2.82. The van der Waals surface area contributed by atoms with Gasteiger partial charge in [0.05, 0.1) is 19.8 Å². The maximum Gasteiger partial charge on any atom is 0.329 e. The maximum absolute atomic E-state index is 12.5. The van der Waals surface area contributed by atoms with Crippen LogP contribution in [0.3, 0.4) is 0 Å². The lowest BCUT2D eigenvalue weighted by Crippen LogP contribution is -2.48. The second kappa shape index (κ2) is 17.8. The van der Waals surface area contributed by atoms with E-state index in [0.29, 0.717) is 32.7 Å². The van der Waals surface area contributed by atoms with Crippen molar-refractivity contribution in [3.05, 3.63) is 35.9 Å². The van der Waals surface area contributed by atoms with E-state index >= 15 is 0 Å². The Morgan fingerprint density at radius 1 is 0.906 bits per heavy atom. The molecular weight excluding hydrogens is 416 g/mol. The highest BCUT2D eigenvalue weighted by molar-refractivity contribution is 5.83. The SMILES string of the molecule is COCCOCCOC(=O)C(Cc1ccccc1)NC(=O)NCCCCCCNC(N)=O. The molecule has 1 unspecified atom stereocenters. The highest BCUT2D eigenvalue weighted by Crippen LogP contribution is 2.05. The zero-order chi connectivity index (χ0) is 23.4. The number of carbonyl (C=O) groups is 3. The molecule has 0 aromatic heterocycles. The predicted octanol–water partition coefficient (Wildman–Crippen LogP) is 1.33. The van der Waals surface area contributed by atoms with E-state index in [0.717, 1.165) is 31.2 Å². The number of nitrogens with one attached hydrogen (secondary N) is 3. The van der Waals surface area contributed by atoms with Crippen molar-refractivity contribution in [2.24, 2.45) is 5.73 Å². The minimum absolute atomic E-state index is 0.0990.